The van der Waals surface area contributed by atoms with Gasteiger partial charge < -0.3 is 15.0 Å². The Hall–Kier alpha value is -1.81. The molecule has 0 aliphatic carbocycles. The van der Waals surface area contributed by atoms with Crippen LogP contribution < -0.4 is 10.1 Å². The van der Waals surface area contributed by atoms with E-state index in [-0.39, 0.29) is 11.9 Å². The van der Waals surface area contributed by atoms with Crippen molar-refractivity contribution in [2.75, 3.05) is 20.2 Å². The molecule has 1 aliphatic heterocycles. The van der Waals surface area contributed by atoms with E-state index in [2.05, 4.69) is 11.9 Å². The first-order valence-electron chi connectivity index (χ1n) is 7.01. The van der Waals surface area contributed by atoms with Crippen LogP contribution in [0.1, 0.15) is 18.4 Å². The zero-order chi connectivity index (χ0) is 14.4. The van der Waals surface area contributed by atoms with Crippen LogP contribution in [0.4, 0.5) is 0 Å². The summed E-state index contributed by atoms with van der Waals surface area (Å²) in [6.07, 6.45) is 3.74. The minimum atomic E-state index is -0.00445. The van der Waals surface area contributed by atoms with E-state index in [1.807, 2.05) is 31.3 Å². The minimum absolute atomic E-state index is 0.00445. The topological polar surface area (TPSA) is 41.6 Å². The predicted octanol–water partition coefficient (Wildman–Crippen LogP) is 1.96. The number of carbonyl (C=O) groups is 1. The van der Waals surface area contributed by atoms with E-state index in [1.165, 1.54) is 0 Å². The lowest BCUT2D eigenvalue weighted by atomic mass is 10.1. The Morgan fingerprint density at radius 3 is 2.85 bits per heavy atom. The first-order chi connectivity index (χ1) is 9.70. The van der Waals surface area contributed by atoms with Gasteiger partial charge in [-0.05, 0) is 37.1 Å². The zero-order valence-corrected chi connectivity index (χ0v) is 12.0. The molecular formula is C16H22N2O2. The van der Waals surface area contributed by atoms with Crippen molar-refractivity contribution in [1.29, 1.82) is 0 Å². The largest absolute Gasteiger partial charge is 0.490 e. The highest BCUT2D eigenvalue weighted by Crippen LogP contribution is 2.15. The normalized spacial score (nSPS) is 17.8. The second-order valence-corrected chi connectivity index (χ2v) is 5.09. The Morgan fingerprint density at radius 2 is 2.25 bits per heavy atom. The molecular weight excluding hydrogens is 252 g/mol. The van der Waals surface area contributed by atoms with Crippen LogP contribution in [0.2, 0.25) is 0 Å². The van der Waals surface area contributed by atoms with Crippen LogP contribution in [0.15, 0.2) is 36.9 Å². The van der Waals surface area contributed by atoms with Crippen molar-refractivity contribution in [2.45, 2.75) is 25.4 Å². The highest BCUT2D eigenvalue weighted by atomic mass is 16.5. The second kappa shape index (κ2) is 7.10. The van der Waals surface area contributed by atoms with Crippen LogP contribution in [0.25, 0.3) is 0 Å². The molecule has 1 aliphatic rings. The number of ether oxygens (including phenoxy) is 1. The summed E-state index contributed by atoms with van der Waals surface area (Å²) in [7, 11) is 1.85. The van der Waals surface area contributed by atoms with Crippen molar-refractivity contribution in [3.63, 3.8) is 0 Å². The zero-order valence-electron chi connectivity index (χ0n) is 12.0. The lowest BCUT2D eigenvalue weighted by Crippen LogP contribution is -2.41. The third-order valence-corrected chi connectivity index (χ3v) is 3.45. The summed E-state index contributed by atoms with van der Waals surface area (Å²) >= 11 is 0. The molecule has 2 rings (SSSR count). The lowest BCUT2D eigenvalue weighted by Gasteiger charge is -2.21. The van der Waals surface area contributed by atoms with E-state index in [0.29, 0.717) is 13.2 Å². The van der Waals surface area contributed by atoms with Gasteiger partial charge in [0.05, 0.1) is 6.04 Å². The first-order valence-corrected chi connectivity index (χ1v) is 7.01. The molecule has 1 saturated heterocycles. The summed E-state index contributed by atoms with van der Waals surface area (Å²) in [6, 6.07) is 7.82. The standard InChI is InChI=1S/C16H22N2O2/c1-3-11-20-14-8-6-13(7-9-14)12-18(2)16(19)15-5-4-10-17-15/h3,6-9,15,17H,1,4-5,10-12H2,2H3/t15-/m1/s1. The van der Waals surface area contributed by atoms with Crippen LogP contribution >= 0.6 is 0 Å². The quantitative estimate of drug-likeness (QED) is 0.806. The predicted molar refractivity (Wildman–Crippen MR) is 79.6 cm³/mol. The molecule has 1 atom stereocenters. The van der Waals surface area contributed by atoms with E-state index in [9.17, 15) is 4.79 Å². The number of nitrogens with zero attached hydrogens (tertiary/aromatic N) is 1. The molecule has 1 aromatic rings. The van der Waals surface area contributed by atoms with E-state index in [0.717, 1.165) is 30.7 Å². The Labute approximate surface area is 120 Å². The first kappa shape index (κ1) is 14.6. The molecule has 1 N–H and O–H groups in total. The third kappa shape index (κ3) is 3.84. The fourth-order valence-electron chi connectivity index (χ4n) is 2.36. The number of hydrogen-bond donors (Lipinski definition) is 1. The number of likely N-dealkylation sites (N-methyl/N-ethyl adjacent to an activating group) is 1. The van der Waals surface area contributed by atoms with E-state index in [1.54, 1.807) is 11.0 Å². The molecule has 0 radical (unpaired) electrons. The van der Waals surface area contributed by atoms with Gasteiger partial charge in [-0.15, -0.1) is 0 Å². The van der Waals surface area contributed by atoms with E-state index < -0.39 is 0 Å². The van der Waals surface area contributed by atoms with Gasteiger partial charge in [-0.2, -0.15) is 0 Å². The molecule has 108 valence electrons. The number of benzene rings is 1. The van der Waals surface area contributed by atoms with E-state index >= 15 is 0 Å². The van der Waals surface area contributed by atoms with Crippen LogP contribution in [-0.4, -0.2) is 37.0 Å². The Kier molecular flexibility index (Phi) is 5.18. The molecule has 0 spiro atoms. The average Bonchev–Trinajstić information content (AvgIpc) is 3.00. The van der Waals surface area contributed by atoms with Crippen molar-refractivity contribution in [1.82, 2.24) is 10.2 Å². The van der Waals surface area contributed by atoms with Gasteiger partial charge in [-0.25, -0.2) is 0 Å². The Balaban J connectivity index is 1.88. The van der Waals surface area contributed by atoms with Gasteiger partial charge in [0.2, 0.25) is 5.91 Å². The van der Waals surface area contributed by atoms with Gasteiger partial charge in [-0.1, -0.05) is 24.8 Å². The SMILES string of the molecule is C=CCOc1ccc(CN(C)C(=O)[C@H]2CCCN2)cc1. The van der Waals surface area contributed by atoms with Crippen molar-refractivity contribution in [3.8, 4) is 5.75 Å². The highest BCUT2D eigenvalue weighted by Gasteiger charge is 2.24. The van der Waals surface area contributed by atoms with Gasteiger partial charge in [-0.3, -0.25) is 4.79 Å². The second-order valence-electron chi connectivity index (χ2n) is 5.09. The van der Waals surface area contributed by atoms with E-state index in [4.69, 9.17) is 4.74 Å². The average molecular weight is 274 g/mol. The maximum absolute atomic E-state index is 12.2. The van der Waals surface area contributed by atoms with Crippen molar-refractivity contribution in [2.24, 2.45) is 0 Å². The summed E-state index contributed by atoms with van der Waals surface area (Å²) in [5.74, 6) is 0.995. The molecule has 1 amide bonds. The summed E-state index contributed by atoms with van der Waals surface area (Å²) < 4.78 is 5.44. The van der Waals surface area contributed by atoms with Gasteiger partial charge in [0.15, 0.2) is 0 Å². The maximum Gasteiger partial charge on any atom is 0.239 e. The molecule has 1 fully saturated rings. The number of amides is 1. The number of carbonyl (C=O) groups excluding carboxylic acids is 1. The molecule has 20 heavy (non-hydrogen) atoms. The minimum Gasteiger partial charge on any atom is -0.490 e. The molecule has 0 unspecified atom stereocenters. The molecule has 1 aromatic carbocycles. The van der Waals surface area contributed by atoms with Gasteiger partial charge in [0.1, 0.15) is 12.4 Å². The van der Waals surface area contributed by atoms with Gasteiger partial charge in [0.25, 0.3) is 0 Å². The summed E-state index contributed by atoms with van der Waals surface area (Å²) in [5, 5.41) is 3.23. The molecule has 1 heterocycles. The lowest BCUT2D eigenvalue weighted by molar-refractivity contribution is -0.132. The maximum atomic E-state index is 12.2. The smallest absolute Gasteiger partial charge is 0.239 e. The van der Waals surface area contributed by atoms with Crippen LogP contribution in [-0.2, 0) is 11.3 Å². The summed E-state index contributed by atoms with van der Waals surface area (Å²) in [6.45, 7) is 5.69. The van der Waals surface area contributed by atoms with Crippen LogP contribution in [0.3, 0.4) is 0 Å². The number of hydrogen-bond acceptors (Lipinski definition) is 3. The summed E-state index contributed by atoms with van der Waals surface area (Å²) in [4.78, 5) is 14.0. The monoisotopic (exact) mass is 274 g/mol. The third-order valence-electron chi connectivity index (χ3n) is 3.45. The fourth-order valence-corrected chi connectivity index (χ4v) is 2.36. The number of rotatable bonds is 6. The molecule has 4 heteroatoms. The van der Waals surface area contributed by atoms with Crippen LogP contribution in [0.5, 0.6) is 5.75 Å². The number of nitrogens with one attached hydrogen (secondary N) is 1. The van der Waals surface area contributed by atoms with Gasteiger partial charge >= 0.3 is 0 Å². The Bertz CT molecular complexity index is 450. The Morgan fingerprint density at radius 1 is 1.50 bits per heavy atom. The summed E-state index contributed by atoms with van der Waals surface area (Å²) in [5.41, 5.74) is 1.10. The van der Waals surface area contributed by atoms with Gasteiger partial charge in [0, 0.05) is 13.6 Å². The molecule has 4 nitrogen and oxygen atoms in total. The molecule has 0 saturated carbocycles. The molecule has 0 aromatic heterocycles. The van der Waals surface area contributed by atoms with Crippen LogP contribution in [0, 0.1) is 0 Å². The van der Waals surface area contributed by atoms with Crippen molar-refractivity contribution in [3.05, 3.63) is 42.5 Å². The van der Waals surface area contributed by atoms with Crippen molar-refractivity contribution >= 4 is 5.91 Å². The fraction of sp³-hybridized carbons (Fsp3) is 0.438. The van der Waals surface area contributed by atoms with Crippen molar-refractivity contribution < 1.29 is 9.53 Å². The molecule has 0 bridgehead atoms. The highest BCUT2D eigenvalue weighted by molar-refractivity contribution is 5.81.